The van der Waals surface area contributed by atoms with Gasteiger partial charge in [0.2, 0.25) is 0 Å². The van der Waals surface area contributed by atoms with Gasteiger partial charge in [-0.15, -0.1) is 10.3 Å². The Balaban J connectivity index is 1.80. The highest BCUT2D eigenvalue weighted by Gasteiger charge is 2.16. The topological polar surface area (TPSA) is 39.7 Å². The maximum atomic E-state index is 5.81. The highest BCUT2D eigenvalue weighted by molar-refractivity contribution is 6.30. The van der Waals surface area contributed by atoms with Gasteiger partial charge in [0, 0.05) is 6.04 Å². The van der Waals surface area contributed by atoms with Crippen molar-refractivity contribution >= 4 is 17.8 Å². The molecule has 2 aliphatic rings. The van der Waals surface area contributed by atoms with Gasteiger partial charge >= 0.3 is 0 Å². The molecule has 0 unspecified atom stereocenters. The summed E-state index contributed by atoms with van der Waals surface area (Å²) in [6, 6.07) is 0.524. The summed E-state index contributed by atoms with van der Waals surface area (Å²) in [5, 5.41) is 6.28. The first-order chi connectivity index (χ1) is 6.84. The minimum absolute atomic E-state index is 0.524. The first-order valence-electron chi connectivity index (χ1n) is 5.07. The van der Waals surface area contributed by atoms with Crippen molar-refractivity contribution in [3.63, 3.8) is 0 Å². The summed E-state index contributed by atoms with van der Waals surface area (Å²) in [6.07, 6.45) is 9.80. The van der Waals surface area contributed by atoms with Crippen molar-refractivity contribution in [2.24, 2.45) is 5.10 Å². The summed E-state index contributed by atoms with van der Waals surface area (Å²) in [4.78, 5) is 0. The number of halogens is 1. The number of rotatable bonds is 2. The molecule has 5 heteroatoms. The third-order valence-electron chi connectivity index (χ3n) is 2.53. The van der Waals surface area contributed by atoms with Crippen LogP contribution in [0.3, 0.4) is 0 Å². The van der Waals surface area contributed by atoms with Crippen LogP contribution in [0.2, 0.25) is 0 Å². The summed E-state index contributed by atoms with van der Waals surface area (Å²) < 4.78 is 0. The van der Waals surface area contributed by atoms with Crippen LogP contribution in [0.15, 0.2) is 16.3 Å². The molecule has 1 aliphatic heterocycles. The lowest BCUT2D eigenvalue weighted by molar-refractivity contribution is 0.101. The molecule has 0 saturated heterocycles. The lowest BCUT2D eigenvalue weighted by atomic mass is 9.96. The molecule has 1 saturated carbocycles. The third kappa shape index (κ3) is 2.62. The predicted molar refractivity (Wildman–Crippen MR) is 57.4 cm³/mol. The van der Waals surface area contributed by atoms with E-state index in [1.807, 2.05) is 0 Å². The SMILES string of the molecule is ClC1=CC=NN(NC2CCCCC2)N1. The van der Waals surface area contributed by atoms with Crippen molar-refractivity contribution in [2.75, 3.05) is 0 Å². The summed E-state index contributed by atoms with van der Waals surface area (Å²) in [5.41, 5.74) is 6.20. The van der Waals surface area contributed by atoms with Gasteiger partial charge in [-0.2, -0.15) is 5.43 Å². The second-order valence-corrected chi connectivity index (χ2v) is 4.07. The molecule has 1 aliphatic carbocycles. The van der Waals surface area contributed by atoms with Crippen LogP contribution in [-0.4, -0.2) is 17.5 Å². The molecule has 0 spiro atoms. The largest absolute Gasteiger partial charge is 0.256 e. The highest BCUT2D eigenvalue weighted by Crippen LogP contribution is 2.17. The molecule has 4 nitrogen and oxygen atoms in total. The Labute approximate surface area is 88.9 Å². The molecular weight excluding hydrogens is 200 g/mol. The molecule has 0 aromatic carbocycles. The maximum Gasteiger partial charge on any atom is 0.125 e. The molecule has 2 N–H and O–H groups in total. The molecule has 78 valence electrons. The van der Waals surface area contributed by atoms with Gasteiger partial charge in [0.05, 0.1) is 6.21 Å². The van der Waals surface area contributed by atoms with Crippen molar-refractivity contribution in [3.05, 3.63) is 11.2 Å². The smallest absolute Gasteiger partial charge is 0.125 e. The van der Waals surface area contributed by atoms with Crippen LogP contribution in [0.25, 0.3) is 0 Å². The van der Waals surface area contributed by atoms with E-state index in [0.717, 1.165) is 0 Å². The van der Waals surface area contributed by atoms with E-state index in [0.29, 0.717) is 11.2 Å². The molecule has 2 rings (SSSR count). The molecule has 0 aromatic rings. The van der Waals surface area contributed by atoms with Gasteiger partial charge in [-0.25, -0.2) is 0 Å². The molecule has 0 aromatic heterocycles. The molecule has 0 atom stereocenters. The molecule has 0 radical (unpaired) electrons. The van der Waals surface area contributed by atoms with Gasteiger partial charge in [0.1, 0.15) is 5.16 Å². The van der Waals surface area contributed by atoms with Crippen molar-refractivity contribution in [1.82, 2.24) is 16.1 Å². The van der Waals surface area contributed by atoms with E-state index in [4.69, 9.17) is 11.6 Å². The van der Waals surface area contributed by atoms with E-state index in [1.165, 1.54) is 32.1 Å². The van der Waals surface area contributed by atoms with Crippen molar-refractivity contribution in [2.45, 2.75) is 38.1 Å². The Morgan fingerprint density at radius 3 is 2.93 bits per heavy atom. The average molecular weight is 215 g/mol. The normalized spacial score (nSPS) is 23.2. The van der Waals surface area contributed by atoms with Gasteiger partial charge in [0.25, 0.3) is 0 Å². The van der Waals surface area contributed by atoms with Crippen LogP contribution < -0.4 is 10.9 Å². The van der Waals surface area contributed by atoms with Gasteiger partial charge in [0.15, 0.2) is 0 Å². The van der Waals surface area contributed by atoms with Gasteiger partial charge < -0.3 is 0 Å². The number of allylic oxidation sites excluding steroid dienone is 1. The van der Waals surface area contributed by atoms with Crippen molar-refractivity contribution in [1.29, 1.82) is 0 Å². The minimum atomic E-state index is 0.524. The van der Waals surface area contributed by atoms with Gasteiger partial charge in [-0.3, -0.25) is 5.43 Å². The molecule has 14 heavy (non-hydrogen) atoms. The number of nitrogens with zero attached hydrogens (tertiary/aromatic N) is 2. The van der Waals surface area contributed by atoms with E-state index in [9.17, 15) is 0 Å². The fourth-order valence-electron chi connectivity index (χ4n) is 1.80. The Hall–Kier alpha value is -0.740. The van der Waals surface area contributed by atoms with Crippen LogP contribution in [-0.2, 0) is 0 Å². The van der Waals surface area contributed by atoms with E-state index < -0.39 is 0 Å². The average Bonchev–Trinajstić information content (AvgIpc) is 2.19. The third-order valence-corrected chi connectivity index (χ3v) is 2.74. The monoisotopic (exact) mass is 214 g/mol. The Kier molecular flexibility index (Phi) is 3.26. The highest BCUT2D eigenvalue weighted by atomic mass is 35.5. The van der Waals surface area contributed by atoms with Crippen LogP contribution in [0.4, 0.5) is 0 Å². The van der Waals surface area contributed by atoms with E-state index in [1.54, 1.807) is 17.5 Å². The molecule has 1 fully saturated rings. The number of hydrazine groups is 2. The van der Waals surface area contributed by atoms with Crippen LogP contribution >= 0.6 is 11.6 Å². The van der Waals surface area contributed by atoms with E-state index in [2.05, 4.69) is 16.0 Å². The maximum absolute atomic E-state index is 5.81. The van der Waals surface area contributed by atoms with Gasteiger partial charge in [-0.1, -0.05) is 30.9 Å². The first kappa shape index (κ1) is 9.80. The Morgan fingerprint density at radius 2 is 2.21 bits per heavy atom. The summed E-state index contributed by atoms with van der Waals surface area (Å²) in [6.45, 7) is 0. The summed E-state index contributed by atoms with van der Waals surface area (Å²) in [7, 11) is 0. The first-order valence-corrected chi connectivity index (χ1v) is 5.45. The standard InChI is InChI=1S/C9H15ClN4/c10-9-6-7-11-14(13-9)12-8-4-2-1-3-5-8/h6-8,12-13H,1-5H2. The molecule has 0 bridgehead atoms. The van der Waals surface area contributed by atoms with E-state index >= 15 is 0 Å². The van der Waals surface area contributed by atoms with Crippen molar-refractivity contribution in [3.8, 4) is 0 Å². The van der Waals surface area contributed by atoms with Crippen LogP contribution in [0, 0.1) is 0 Å². The lowest BCUT2D eigenvalue weighted by Gasteiger charge is -2.30. The summed E-state index contributed by atoms with van der Waals surface area (Å²) in [5.74, 6) is 0. The molecular formula is C9H15ClN4. The number of hydrogen-bond donors (Lipinski definition) is 2. The van der Waals surface area contributed by atoms with Crippen LogP contribution in [0.5, 0.6) is 0 Å². The zero-order valence-corrected chi connectivity index (χ0v) is 8.80. The number of hydrogen-bond acceptors (Lipinski definition) is 4. The minimum Gasteiger partial charge on any atom is -0.256 e. The predicted octanol–water partition coefficient (Wildman–Crippen LogP) is 1.71. The Morgan fingerprint density at radius 1 is 1.43 bits per heavy atom. The fraction of sp³-hybridized carbons (Fsp3) is 0.667. The van der Waals surface area contributed by atoms with Crippen molar-refractivity contribution < 1.29 is 0 Å². The quantitative estimate of drug-likeness (QED) is 0.688. The van der Waals surface area contributed by atoms with Crippen LogP contribution in [0.1, 0.15) is 32.1 Å². The fourth-order valence-corrected chi connectivity index (χ4v) is 1.94. The Bertz CT molecular complexity index is 245. The van der Waals surface area contributed by atoms with E-state index in [-0.39, 0.29) is 0 Å². The zero-order valence-electron chi connectivity index (χ0n) is 8.04. The lowest BCUT2D eigenvalue weighted by Crippen LogP contribution is -2.49. The summed E-state index contributed by atoms with van der Waals surface area (Å²) >= 11 is 5.81. The number of nitrogens with one attached hydrogen (secondary N) is 2. The van der Waals surface area contributed by atoms with Gasteiger partial charge in [-0.05, 0) is 18.9 Å². The molecule has 1 heterocycles. The zero-order chi connectivity index (χ0) is 9.80. The second kappa shape index (κ2) is 4.66. The molecule has 0 amide bonds. The second-order valence-electron chi connectivity index (χ2n) is 3.67. The number of hydrazone groups is 1.